The zero-order chi connectivity index (χ0) is 33.2. The number of aromatic nitrogens is 3. The second kappa shape index (κ2) is 9.87. The molecule has 0 aliphatic carbocycles. The number of para-hydroxylation sites is 4. The average Bonchev–Trinajstić information content (AvgIpc) is 3.92. The summed E-state index contributed by atoms with van der Waals surface area (Å²) in [6.45, 7) is 0. The molecule has 3 heteroatoms. The zero-order valence-corrected chi connectivity index (χ0v) is 27.6. The molecule has 0 radical (unpaired) electrons. The van der Waals surface area contributed by atoms with Gasteiger partial charge in [0.25, 0.3) is 0 Å². The molecule has 8 aromatic carbocycles. The van der Waals surface area contributed by atoms with Crippen LogP contribution in [0.2, 0.25) is 0 Å². The van der Waals surface area contributed by atoms with E-state index in [0.717, 1.165) is 11.4 Å². The third-order valence-corrected chi connectivity index (χ3v) is 11.2. The summed E-state index contributed by atoms with van der Waals surface area (Å²) in [5, 5.41) is 10.2. The first-order valence-electron chi connectivity index (χ1n) is 17.6. The Morgan fingerprint density at radius 2 is 0.804 bits per heavy atom. The molecule has 0 aliphatic heterocycles. The fourth-order valence-corrected chi connectivity index (χ4v) is 9.05. The molecule has 0 unspecified atom stereocenters. The molecule has 0 aliphatic rings. The number of rotatable bonds is 3. The van der Waals surface area contributed by atoms with Crippen LogP contribution >= 0.6 is 0 Å². The van der Waals surface area contributed by atoms with Gasteiger partial charge in [-0.25, -0.2) is 0 Å². The van der Waals surface area contributed by atoms with Crippen LogP contribution in [-0.4, -0.2) is 13.5 Å². The predicted molar refractivity (Wildman–Crippen MR) is 215 cm³/mol. The number of hydrogen-bond donors (Lipinski definition) is 0. The molecule has 0 saturated carbocycles. The smallest absolute Gasteiger partial charge is 0.0641 e. The molecule has 0 fully saturated rings. The highest BCUT2D eigenvalue weighted by atomic mass is 15.0. The van der Waals surface area contributed by atoms with Gasteiger partial charge in [-0.05, 0) is 59.7 Å². The SMILES string of the molecule is c1ccc(-c2ccc(-n3c4ccccc4c4c3ccc3c5ccccc5n(-c5ccc6c7cccc8c9ccccc9n(c6c5)c87)c34)cc2)cc1. The Hall–Kier alpha value is -6.84. The molecule has 0 atom stereocenters. The first-order chi connectivity index (χ1) is 25.3. The van der Waals surface area contributed by atoms with E-state index in [-0.39, 0.29) is 0 Å². The first-order valence-corrected chi connectivity index (χ1v) is 17.6. The summed E-state index contributed by atoms with van der Waals surface area (Å²) in [7, 11) is 0. The van der Waals surface area contributed by atoms with E-state index in [1.807, 2.05) is 0 Å². The molecule has 12 rings (SSSR count). The topological polar surface area (TPSA) is 14.3 Å². The number of benzene rings is 8. The molecule has 12 aromatic rings. The minimum absolute atomic E-state index is 1.15. The third-order valence-electron chi connectivity index (χ3n) is 11.2. The lowest BCUT2D eigenvalue weighted by Gasteiger charge is -2.11. The minimum Gasteiger partial charge on any atom is -0.309 e. The summed E-state index contributed by atoms with van der Waals surface area (Å²) < 4.78 is 7.42. The lowest BCUT2D eigenvalue weighted by molar-refractivity contribution is 1.17. The van der Waals surface area contributed by atoms with Crippen molar-refractivity contribution in [1.29, 1.82) is 0 Å². The van der Waals surface area contributed by atoms with Crippen molar-refractivity contribution in [3.8, 4) is 22.5 Å². The van der Waals surface area contributed by atoms with Gasteiger partial charge < -0.3 is 13.5 Å². The molecule has 51 heavy (non-hydrogen) atoms. The summed E-state index contributed by atoms with van der Waals surface area (Å²) in [6.07, 6.45) is 0. The van der Waals surface area contributed by atoms with Crippen LogP contribution in [-0.2, 0) is 0 Å². The molecule has 3 nitrogen and oxygen atoms in total. The Morgan fingerprint density at radius 3 is 1.57 bits per heavy atom. The van der Waals surface area contributed by atoms with E-state index in [1.165, 1.54) is 92.8 Å². The lowest BCUT2D eigenvalue weighted by Crippen LogP contribution is -1.96. The van der Waals surface area contributed by atoms with Gasteiger partial charge in [0.15, 0.2) is 0 Å². The normalized spacial score (nSPS) is 12.3. The Morgan fingerprint density at radius 1 is 0.275 bits per heavy atom. The third kappa shape index (κ3) is 3.52. The number of hydrogen-bond acceptors (Lipinski definition) is 0. The van der Waals surface area contributed by atoms with Crippen molar-refractivity contribution in [3.63, 3.8) is 0 Å². The molecule has 0 amide bonds. The van der Waals surface area contributed by atoms with Gasteiger partial charge >= 0.3 is 0 Å². The molecule has 0 bridgehead atoms. The van der Waals surface area contributed by atoms with Crippen LogP contribution in [0.4, 0.5) is 0 Å². The molecule has 4 heterocycles. The Balaban J connectivity index is 1.18. The summed E-state index contributed by atoms with van der Waals surface area (Å²) >= 11 is 0. The molecule has 0 saturated heterocycles. The van der Waals surface area contributed by atoms with Gasteiger partial charge in [0.2, 0.25) is 0 Å². The first kappa shape index (κ1) is 27.0. The molecule has 4 aromatic heterocycles. The quantitative estimate of drug-likeness (QED) is 0.181. The fourth-order valence-electron chi connectivity index (χ4n) is 9.05. The van der Waals surface area contributed by atoms with E-state index in [9.17, 15) is 0 Å². The van der Waals surface area contributed by atoms with Gasteiger partial charge in [-0.15, -0.1) is 0 Å². The van der Waals surface area contributed by atoms with Crippen molar-refractivity contribution in [1.82, 2.24) is 13.5 Å². The van der Waals surface area contributed by atoms with E-state index in [4.69, 9.17) is 0 Å². The van der Waals surface area contributed by atoms with Crippen LogP contribution in [0.1, 0.15) is 0 Å². The highest BCUT2D eigenvalue weighted by Crippen LogP contribution is 2.44. The van der Waals surface area contributed by atoms with Gasteiger partial charge in [-0.1, -0.05) is 127 Å². The average molecular weight is 648 g/mol. The zero-order valence-electron chi connectivity index (χ0n) is 27.6. The van der Waals surface area contributed by atoms with Crippen molar-refractivity contribution in [2.45, 2.75) is 0 Å². The number of fused-ring (bicyclic) bond motifs is 13. The Labute approximate surface area is 292 Å². The summed E-state index contributed by atoms with van der Waals surface area (Å²) in [5.41, 5.74) is 13.4. The maximum atomic E-state index is 2.51. The standard InChI is InChI=1S/C48H29N3/c1-2-11-30(12-3-1)31-21-23-32(24-22-31)49-43-20-9-6-15-40(43)46-44(49)28-27-39-35-14-4-7-18-41(35)50(48(39)46)33-25-26-36-38-17-10-16-37-34-13-5-8-19-42(34)51(47(37)38)45(36)29-33/h1-29H. The molecule has 0 N–H and O–H groups in total. The van der Waals surface area contributed by atoms with Gasteiger partial charge in [0, 0.05) is 54.5 Å². The van der Waals surface area contributed by atoms with Crippen LogP contribution in [0.3, 0.4) is 0 Å². The molecular weight excluding hydrogens is 619 g/mol. The van der Waals surface area contributed by atoms with Gasteiger partial charge in [0.05, 0.1) is 38.6 Å². The second-order valence-electron chi connectivity index (χ2n) is 13.7. The largest absolute Gasteiger partial charge is 0.309 e. The molecule has 0 spiro atoms. The van der Waals surface area contributed by atoms with Crippen LogP contribution in [0, 0.1) is 0 Å². The molecule has 236 valence electrons. The van der Waals surface area contributed by atoms with E-state index >= 15 is 0 Å². The van der Waals surface area contributed by atoms with Crippen molar-refractivity contribution >= 4 is 81.7 Å². The Kier molecular flexibility index (Phi) is 5.23. The van der Waals surface area contributed by atoms with E-state index < -0.39 is 0 Å². The van der Waals surface area contributed by atoms with Crippen LogP contribution in [0.15, 0.2) is 176 Å². The maximum absolute atomic E-state index is 2.51. The highest BCUT2D eigenvalue weighted by molar-refractivity contribution is 6.27. The van der Waals surface area contributed by atoms with E-state index in [1.54, 1.807) is 0 Å². The maximum Gasteiger partial charge on any atom is 0.0641 e. The van der Waals surface area contributed by atoms with E-state index in [2.05, 4.69) is 189 Å². The van der Waals surface area contributed by atoms with Crippen molar-refractivity contribution in [2.24, 2.45) is 0 Å². The number of nitrogens with zero attached hydrogens (tertiary/aromatic N) is 3. The van der Waals surface area contributed by atoms with Gasteiger partial charge in [-0.2, -0.15) is 0 Å². The van der Waals surface area contributed by atoms with Crippen molar-refractivity contribution in [3.05, 3.63) is 176 Å². The van der Waals surface area contributed by atoms with Crippen LogP contribution in [0.25, 0.3) is 104 Å². The van der Waals surface area contributed by atoms with Crippen LogP contribution in [0.5, 0.6) is 0 Å². The minimum atomic E-state index is 1.15. The van der Waals surface area contributed by atoms with E-state index in [0.29, 0.717) is 0 Å². The monoisotopic (exact) mass is 647 g/mol. The summed E-state index contributed by atoms with van der Waals surface area (Å²) in [5.74, 6) is 0. The fraction of sp³-hybridized carbons (Fsp3) is 0. The van der Waals surface area contributed by atoms with Crippen LogP contribution < -0.4 is 0 Å². The van der Waals surface area contributed by atoms with Crippen molar-refractivity contribution < 1.29 is 0 Å². The molecular formula is C48H29N3. The highest BCUT2D eigenvalue weighted by Gasteiger charge is 2.22. The second-order valence-corrected chi connectivity index (χ2v) is 13.7. The van der Waals surface area contributed by atoms with Crippen molar-refractivity contribution in [2.75, 3.05) is 0 Å². The summed E-state index contributed by atoms with van der Waals surface area (Å²) in [6, 6.07) is 64.6. The predicted octanol–water partition coefficient (Wildman–Crippen LogP) is 12.7. The van der Waals surface area contributed by atoms with Gasteiger partial charge in [-0.3, -0.25) is 0 Å². The Bertz CT molecular complexity index is 3340. The lowest BCUT2D eigenvalue weighted by atomic mass is 10.1. The summed E-state index contributed by atoms with van der Waals surface area (Å²) in [4.78, 5) is 0. The van der Waals surface area contributed by atoms with Gasteiger partial charge in [0.1, 0.15) is 0 Å².